The van der Waals surface area contributed by atoms with Crippen LogP contribution in [0.4, 0.5) is 10.1 Å². The number of phenolic OH excluding ortho intramolecular Hbond substituents is 1. The minimum Gasteiger partial charge on any atom is -0.503 e. The first-order valence-electron chi connectivity index (χ1n) is 3.74. The van der Waals surface area contributed by atoms with Gasteiger partial charge in [0.2, 0.25) is 0 Å². The van der Waals surface area contributed by atoms with Crippen LogP contribution in [-0.4, -0.2) is 18.7 Å². The number of carbonyl (C=O) groups is 1. The van der Waals surface area contributed by atoms with Gasteiger partial charge in [0.05, 0.1) is 12.8 Å². The van der Waals surface area contributed by atoms with E-state index in [-0.39, 0.29) is 5.69 Å². The molecule has 14 heavy (non-hydrogen) atoms. The summed E-state index contributed by atoms with van der Waals surface area (Å²) in [6.07, 6.45) is 0. The molecule has 3 N–H and O–H groups in total. The van der Waals surface area contributed by atoms with Gasteiger partial charge >= 0.3 is 0 Å². The van der Waals surface area contributed by atoms with E-state index >= 15 is 0 Å². The zero-order chi connectivity index (χ0) is 11.1. The van der Waals surface area contributed by atoms with Gasteiger partial charge in [-0.3, -0.25) is 4.79 Å². The van der Waals surface area contributed by atoms with Gasteiger partial charge in [0.15, 0.2) is 11.6 Å². The maximum Gasteiger partial charge on any atom is 0.292 e. The average Bonchev–Trinajstić information content (AvgIpc) is 2.14. The van der Waals surface area contributed by atoms with Crippen molar-refractivity contribution in [2.45, 2.75) is 6.92 Å². The number of aryl methyl sites for hydroxylation is 1. The number of methoxy groups -OCH3 is 1. The number of nitrogen functional groups attached to an aromatic ring is 1. The highest BCUT2D eigenvalue weighted by Gasteiger charge is 2.03. The molecule has 78 valence electrons. The molecule has 0 aliphatic carbocycles. The fourth-order valence-corrected chi connectivity index (χ4v) is 0.761. The molecular formula is C9H12FNO3. The summed E-state index contributed by atoms with van der Waals surface area (Å²) < 4.78 is 16.4. The third-order valence-corrected chi connectivity index (χ3v) is 1.33. The summed E-state index contributed by atoms with van der Waals surface area (Å²) >= 11 is 0. The minimum absolute atomic E-state index is 0.0810. The van der Waals surface area contributed by atoms with Gasteiger partial charge in [0.25, 0.3) is 6.47 Å². The van der Waals surface area contributed by atoms with Crippen molar-refractivity contribution in [1.82, 2.24) is 0 Å². The number of phenols is 1. The highest BCUT2D eigenvalue weighted by molar-refractivity contribution is 5.53. The number of halogens is 1. The van der Waals surface area contributed by atoms with Gasteiger partial charge in [0, 0.05) is 0 Å². The van der Waals surface area contributed by atoms with E-state index in [2.05, 4.69) is 4.74 Å². The Balaban J connectivity index is 0.000000364. The number of nitrogens with two attached hydrogens (primary N) is 1. The van der Waals surface area contributed by atoms with E-state index in [9.17, 15) is 4.39 Å². The van der Waals surface area contributed by atoms with Gasteiger partial charge in [-0.15, -0.1) is 0 Å². The van der Waals surface area contributed by atoms with Crippen LogP contribution in [0.3, 0.4) is 0 Å². The normalized spacial score (nSPS) is 8.50. The van der Waals surface area contributed by atoms with Crippen LogP contribution in [0.1, 0.15) is 5.56 Å². The monoisotopic (exact) mass is 201 g/mol. The zero-order valence-corrected chi connectivity index (χ0v) is 7.95. The van der Waals surface area contributed by atoms with E-state index < -0.39 is 11.6 Å². The Hall–Kier alpha value is -1.78. The molecule has 1 aromatic rings. The fourth-order valence-electron chi connectivity index (χ4n) is 0.761. The lowest BCUT2D eigenvalue weighted by Crippen LogP contribution is -1.89. The van der Waals surface area contributed by atoms with Crippen LogP contribution in [0.5, 0.6) is 5.75 Å². The molecule has 0 heterocycles. The molecule has 4 nitrogen and oxygen atoms in total. The summed E-state index contributed by atoms with van der Waals surface area (Å²) in [7, 11) is 1.31. The third kappa shape index (κ3) is 3.75. The quantitative estimate of drug-likeness (QED) is 0.407. The molecule has 0 atom stereocenters. The smallest absolute Gasteiger partial charge is 0.292 e. The van der Waals surface area contributed by atoms with Crippen molar-refractivity contribution < 1.29 is 19.0 Å². The molecule has 1 rings (SSSR count). The van der Waals surface area contributed by atoms with Crippen LogP contribution >= 0.6 is 0 Å². The molecule has 5 heteroatoms. The van der Waals surface area contributed by atoms with E-state index in [1.54, 1.807) is 6.92 Å². The Kier molecular flexibility index (Phi) is 5.06. The second-order valence-corrected chi connectivity index (χ2v) is 2.52. The summed E-state index contributed by atoms with van der Waals surface area (Å²) in [6.45, 7) is 2.08. The van der Waals surface area contributed by atoms with Gasteiger partial charge in [0.1, 0.15) is 0 Å². The maximum absolute atomic E-state index is 12.5. The van der Waals surface area contributed by atoms with Gasteiger partial charge in [-0.25, -0.2) is 4.39 Å². The highest BCUT2D eigenvalue weighted by Crippen LogP contribution is 2.24. The standard InChI is InChI=1S/C7H8FNO.C2H4O2/c1-4-2-5(8)7(10)6(9)3-4;1-4-2-3/h2-3,10H,9H2,1H3;2H,1H3. The summed E-state index contributed by atoms with van der Waals surface area (Å²) in [6, 6.07) is 2.74. The fraction of sp³-hybridized carbons (Fsp3) is 0.222. The Bertz CT molecular complexity index is 292. The van der Waals surface area contributed by atoms with Crippen molar-refractivity contribution in [1.29, 1.82) is 0 Å². The average molecular weight is 201 g/mol. The molecule has 0 saturated carbocycles. The highest BCUT2D eigenvalue weighted by atomic mass is 19.1. The van der Waals surface area contributed by atoms with Crippen molar-refractivity contribution >= 4 is 12.2 Å². The first-order chi connectivity index (χ1) is 6.52. The number of anilines is 1. The summed E-state index contributed by atoms with van der Waals surface area (Å²) in [5, 5.41) is 8.83. The van der Waals surface area contributed by atoms with Crippen LogP contribution in [-0.2, 0) is 9.53 Å². The summed E-state index contributed by atoms with van der Waals surface area (Å²) in [5.41, 5.74) is 6.01. The Morgan fingerprint density at radius 1 is 1.57 bits per heavy atom. The van der Waals surface area contributed by atoms with E-state index in [1.807, 2.05) is 0 Å². The molecular weight excluding hydrogens is 189 g/mol. The Morgan fingerprint density at radius 3 is 2.43 bits per heavy atom. The molecule has 0 aliphatic heterocycles. The first kappa shape index (κ1) is 12.2. The number of ether oxygens (including phenoxy) is 1. The van der Waals surface area contributed by atoms with Crippen molar-refractivity contribution in [2.75, 3.05) is 12.8 Å². The molecule has 0 amide bonds. The Morgan fingerprint density at radius 2 is 2.07 bits per heavy atom. The second-order valence-electron chi connectivity index (χ2n) is 2.52. The van der Waals surface area contributed by atoms with Gasteiger partial charge in [-0.1, -0.05) is 0 Å². The van der Waals surface area contributed by atoms with E-state index in [1.165, 1.54) is 19.2 Å². The molecule has 0 fully saturated rings. The Labute approximate surface area is 81.1 Å². The van der Waals surface area contributed by atoms with Crippen molar-refractivity contribution in [3.05, 3.63) is 23.5 Å². The SMILES string of the molecule is COC=O.Cc1cc(N)c(O)c(F)c1. The van der Waals surface area contributed by atoms with Crippen molar-refractivity contribution in [2.24, 2.45) is 0 Å². The minimum atomic E-state index is -0.669. The van der Waals surface area contributed by atoms with Crippen LogP contribution in [0.15, 0.2) is 12.1 Å². The topological polar surface area (TPSA) is 72.5 Å². The number of hydrogen-bond donors (Lipinski definition) is 2. The lowest BCUT2D eigenvalue weighted by Gasteiger charge is -2.00. The van der Waals surface area contributed by atoms with Crippen LogP contribution in [0.2, 0.25) is 0 Å². The number of benzene rings is 1. The predicted molar refractivity (Wildman–Crippen MR) is 50.3 cm³/mol. The van der Waals surface area contributed by atoms with Crippen LogP contribution in [0, 0.1) is 12.7 Å². The van der Waals surface area contributed by atoms with Gasteiger partial charge in [-0.05, 0) is 24.6 Å². The third-order valence-electron chi connectivity index (χ3n) is 1.33. The van der Waals surface area contributed by atoms with Gasteiger partial charge < -0.3 is 15.6 Å². The lowest BCUT2D eigenvalue weighted by molar-refractivity contribution is -0.126. The lowest BCUT2D eigenvalue weighted by atomic mass is 10.2. The van der Waals surface area contributed by atoms with E-state index in [0.29, 0.717) is 12.0 Å². The number of rotatable bonds is 1. The van der Waals surface area contributed by atoms with Crippen molar-refractivity contribution in [3.63, 3.8) is 0 Å². The molecule has 0 bridgehead atoms. The molecule has 0 aliphatic rings. The van der Waals surface area contributed by atoms with Crippen LogP contribution < -0.4 is 5.73 Å². The molecule has 0 unspecified atom stereocenters. The largest absolute Gasteiger partial charge is 0.503 e. The molecule has 0 radical (unpaired) electrons. The number of carbonyl (C=O) groups excluding carboxylic acids is 1. The number of hydrogen-bond acceptors (Lipinski definition) is 4. The first-order valence-corrected chi connectivity index (χ1v) is 3.74. The predicted octanol–water partition coefficient (Wildman–Crippen LogP) is 1.21. The summed E-state index contributed by atoms with van der Waals surface area (Å²) in [4.78, 5) is 8.95. The van der Waals surface area contributed by atoms with Crippen molar-refractivity contribution in [3.8, 4) is 5.75 Å². The second kappa shape index (κ2) is 5.80. The van der Waals surface area contributed by atoms with Gasteiger partial charge in [-0.2, -0.15) is 0 Å². The zero-order valence-electron chi connectivity index (χ0n) is 7.95. The van der Waals surface area contributed by atoms with E-state index in [0.717, 1.165) is 0 Å². The van der Waals surface area contributed by atoms with Crippen LogP contribution in [0.25, 0.3) is 0 Å². The van der Waals surface area contributed by atoms with E-state index in [4.69, 9.17) is 15.6 Å². The number of aromatic hydroxyl groups is 1. The molecule has 0 aromatic heterocycles. The molecule has 0 saturated heterocycles. The maximum atomic E-state index is 12.5. The summed E-state index contributed by atoms with van der Waals surface area (Å²) in [5.74, 6) is -1.14. The molecule has 1 aromatic carbocycles. The molecule has 0 spiro atoms.